The van der Waals surface area contributed by atoms with Crippen LogP contribution >= 0.6 is 0 Å². The number of nitrogens with zero attached hydrogens (tertiary/aromatic N) is 1. The molecule has 1 heterocycles. The Labute approximate surface area is 104 Å². The van der Waals surface area contributed by atoms with Gasteiger partial charge < -0.3 is 5.73 Å². The second-order valence-electron chi connectivity index (χ2n) is 3.73. The van der Waals surface area contributed by atoms with E-state index >= 15 is 0 Å². The van der Waals surface area contributed by atoms with Crippen molar-refractivity contribution in [1.82, 2.24) is 4.98 Å². The molecule has 0 bridgehead atoms. The molecule has 100 valence electrons. The first-order valence-corrected chi connectivity index (χ1v) is 5.09. The lowest BCUT2D eigenvalue weighted by molar-refractivity contribution is -0.141. The molecule has 0 atom stereocenters. The fourth-order valence-electron chi connectivity index (χ4n) is 1.57. The number of halogens is 5. The van der Waals surface area contributed by atoms with Crippen molar-refractivity contribution < 1.29 is 22.0 Å². The van der Waals surface area contributed by atoms with E-state index in [9.17, 15) is 22.0 Å². The Morgan fingerprint density at radius 3 is 2.21 bits per heavy atom. The van der Waals surface area contributed by atoms with Gasteiger partial charge in [-0.15, -0.1) is 0 Å². The number of hydrogen-bond donors (Lipinski definition) is 1. The van der Waals surface area contributed by atoms with Crippen LogP contribution in [0.25, 0.3) is 11.1 Å². The van der Waals surface area contributed by atoms with Crippen LogP contribution in [0.15, 0.2) is 30.3 Å². The van der Waals surface area contributed by atoms with Gasteiger partial charge in [0.25, 0.3) is 0 Å². The minimum absolute atomic E-state index is 0.0926. The third kappa shape index (κ3) is 2.49. The summed E-state index contributed by atoms with van der Waals surface area (Å²) in [6.07, 6.45) is -4.65. The normalized spacial score (nSPS) is 11.6. The maximum Gasteiger partial charge on any atom is 0.433 e. The Hall–Kier alpha value is -2.18. The van der Waals surface area contributed by atoms with Gasteiger partial charge in [-0.1, -0.05) is 12.1 Å². The van der Waals surface area contributed by atoms with Crippen molar-refractivity contribution in [2.24, 2.45) is 0 Å². The molecule has 0 spiro atoms. The smallest absolute Gasteiger partial charge is 0.383 e. The molecule has 2 rings (SSSR count). The first-order chi connectivity index (χ1) is 8.80. The molecule has 0 aliphatic carbocycles. The predicted octanol–water partition coefficient (Wildman–Crippen LogP) is 3.63. The maximum atomic E-state index is 13.5. The second kappa shape index (κ2) is 4.49. The molecule has 19 heavy (non-hydrogen) atoms. The third-order valence-corrected chi connectivity index (χ3v) is 2.46. The average Bonchev–Trinajstić information content (AvgIpc) is 2.32. The van der Waals surface area contributed by atoms with E-state index in [0.717, 1.165) is 12.1 Å². The van der Waals surface area contributed by atoms with E-state index in [-0.39, 0.29) is 11.1 Å². The molecule has 0 radical (unpaired) electrons. The van der Waals surface area contributed by atoms with Crippen molar-refractivity contribution in [3.05, 3.63) is 47.7 Å². The van der Waals surface area contributed by atoms with Crippen LogP contribution in [0, 0.1) is 11.6 Å². The van der Waals surface area contributed by atoms with Gasteiger partial charge in [-0.25, -0.2) is 13.8 Å². The molecule has 0 unspecified atom stereocenters. The molecule has 0 saturated carbocycles. The van der Waals surface area contributed by atoms with Crippen molar-refractivity contribution >= 4 is 5.82 Å². The number of aromatic nitrogens is 1. The third-order valence-electron chi connectivity index (χ3n) is 2.46. The molecule has 7 heteroatoms. The van der Waals surface area contributed by atoms with E-state index in [1.165, 1.54) is 12.1 Å². The number of rotatable bonds is 1. The van der Waals surface area contributed by atoms with Gasteiger partial charge in [0.15, 0.2) is 11.6 Å². The van der Waals surface area contributed by atoms with E-state index in [1.54, 1.807) is 0 Å². The Bertz CT molecular complexity index is 622. The topological polar surface area (TPSA) is 38.9 Å². The van der Waals surface area contributed by atoms with Crippen LogP contribution in [0.4, 0.5) is 27.8 Å². The zero-order chi connectivity index (χ0) is 14.2. The Morgan fingerprint density at radius 2 is 1.63 bits per heavy atom. The SMILES string of the molecule is Nc1nc(C(F)(F)F)ccc1-c1cccc(F)c1F. The zero-order valence-corrected chi connectivity index (χ0v) is 9.30. The molecule has 0 aliphatic rings. The van der Waals surface area contributed by atoms with Gasteiger partial charge >= 0.3 is 6.18 Å². The second-order valence-corrected chi connectivity index (χ2v) is 3.73. The highest BCUT2D eigenvalue weighted by molar-refractivity contribution is 5.74. The molecular weight excluding hydrogens is 267 g/mol. The molecule has 1 aromatic carbocycles. The number of hydrogen-bond acceptors (Lipinski definition) is 2. The van der Waals surface area contributed by atoms with E-state index in [2.05, 4.69) is 4.98 Å². The summed E-state index contributed by atoms with van der Waals surface area (Å²) in [5, 5.41) is 0. The van der Waals surface area contributed by atoms with Crippen LogP contribution in [0.2, 0.25) is 0 Å². The van der Waals surface area contributed by atoms with Gasteiger partial charge in [0.2, 0.25) is 0 Å². The van der Waals surface area contributed by atoms with Crippen LogP contribution in [0.1, 0.15) is 5.69 Å². The number of alkyl halides is 3. The number of benzene rings is 1. The Balaban J connectivity index is 2.56. The van der Waals surface area contributed by atoms with Crippen molar-refractivity contribution in [3.63, 3.8) is 0 Å². The molecular formula is C12H7F5N2. The predicted molar refractivity (Wildman–Crippen MR) is 59.0 cm³/mol. The molecule has 0 fully saturated rings. The number of nitrogen functional groups attached to an aromatic ring is 1. The van der Waals surface area contributed by atoms with Gasteiger partial charge in [0, 0.05) is 11.1 Å². The van der Waals surface area contributed by atoms with E-state index in [0.29, 0.717) is 6.07 Å². The fraction of sp³-hybridized carbons (Fsp3) is 0.0833. The highest BCUT2D eigenvalue weighted by Gasteiger charge is 2.33. The van der Waals surface area contributed by atoms with Gasteiger partial charge in [-0.3, -0.25) is 0 Å². The highest BCUT2D eigenvalue weighted by Crippen LogP contribution is 2.33. The Kier molecular flexibility index (Phi) is 3.13. The van der Waals surface area contributed by atoms with Crippen LogP contribution in [-0.4, -0.2) is 4.98 Å². The summed E-state index contributed by atoms with van der Waals surface area (Å²) in [5.74, 6) is -2.81. The molecule has 2 N–H and O–H groups in total. The first kappa shape index (κ1) is 13.3. The van der Waals surface area contributed by atoms with E-state index in [1.807, 2.05) is 0 Å². The molecule has 0 saturated heterocycles. The zero-order valence-electron chi connectivity index (χ0n) is 9.30. The Morgan fingerprint density at radius 1 is 0.947 bits per heavy atom. The molecule has 1 aromatic heterocycles. The van der Waals surface area contributed by atoms with Gasteiger partial charge in [0.05, 0.1) is 0 Å². The minimum Gasteiger partial charge on any atom is -0.383 e. The lowest BCUT2D eigenvalue weighted by Gasteiger charge is -2.10. The summed E-state index contributed by atoms with van der Waals surface area (Å²) in [4.78, 5) is 3.16. The van der Waals surface area contributed by atoms with Crippen LogP contribution in [0.3, 0.4) is 0 Å². The van der Waals surface area contributed by atoms with Crippen molar-refractivity contribution in [2.45, 2.75) is 6.18 Å². The van der Waals surface area contributed by atoms with Crippen LogP contribution < -0.4 is 5.73 Å². The quantitative estimate of drug-likeness (QED) is 0.806. The summed E-state index contributed by atoms with van der Waals surface area (Å²) in [5.41, 5.74) is 3.85. The van der Waals surface area contributed by atoms with Gasteiger partial charge in [0.1, 0.15) is 11.5 Å². The van der Waals surface area contributed by atoms with E-state index < -0.39 is 29.3 Å². The summed E-state index contributed by atoms with van der Waals surface area (Å²) >= 11 is 0. The molecule has 0 aliphatic heterocycles. The van der Waals surface area contributed by atoms with Gasteiger partial charge in [-0.2, -0.15) is 13.2 Å². The summed E-state index contributed by atoms with van der Waals surface area (Å²) < 4.78 is 63.8. The highest BCUT2D eigenvalue weighted by atomic mass is 19.4. The van der Waals surface area contributed by atoms with Crippen molar-refractivity contribution in [2.75, 3.05) is 5.73 Å². The number of nitrogens with two attached hydrogens (primary N) is 1. The van der Waals surface area contributed by atoms with Crippen molar-refractivity contribution in [1.29, 1.82) is 0 Å². The van der Waals surface area contributed by atoms with Crippen LogP contribution in [-0.2, 0) is 6.18 Å². The largest absolute Gasteiger partial charge is 0.433 e. The number of pyridine rings is 1. The van der Waals surface area contributed by atoms with Gasteiger partial charge in [-0.05, 0) is 18.2 Å². The molecule has 0 amide bonds. The summed E-state index contributed by atoms with van der Waals surface area (Å²) in [6.45, 7) is 0. The minimum atomic E-state index is -4.65. The van der Waals surface area contributed by atoms with E-state index in [4.69, 9.17) is 5.73 Å². The lowest BCUT2D eigenvalue weighted by Crippen LogP contribution is -2.10. The standard InChI is InChI=1S/C12H7F5N2/c13-8-3-1-2-6(10(8)14)7-4-5-9(12(15,16)17)19-11(7)18/h1-5H,(H2,18,19). The number of anilines is 1. The monoisotopic (exact) mass is 274 g/mol. The summed E-state index contributed by atoms with van der Waals surface area (Å²) in [7, 11) is 0. The summed E-state index contributed by atoms with van der Waals surface area (Å²) in [6, 6.07) is 4.95. The average molecular weight is 274 g/mol. The molecule has 2 nitrogen and oxygen atoms in total. The lowest BCUT2D eigenvalue weighted by atomic mass is 10.1. The fourth-order valence-corrected chi connectivity index (χ4v) is 1.57. The van der Waals surface area contributed by atoms with Crippen LogP contribution in [0.5, 0.6) is 0 Å². The molecule has 2 aromatic rings. The first-order valence-electron chi connectivity index (χ1n) is 5.09. The van der Waals surface area contributed by atoms with Crippen molar-refractivity contribution in [3.8, 4) is 11.1 Å². The maximum absolute atomic E-state index is 13.5.